The van der Waals surface area contributed by atoms with Crippen LogP contribution in [-0.4, -0.2) is 78.6 Å². The van der Waals surface area contributed by atoms with E-state index < -0.39 is 6.16 Å². The van der Waals surface area contributed by atoms with Crippen LogP contribution < -0.4 is 5.73 Å². The second-order valence-corrected chi connectivity index (χ2v) is 14.8. The van der Waals surface area contributed by atoms with Gasteiger partial charge >= 0.3 is 6.16 Å². The maximum absolute atomic E-state index is 11.6. The number of nitrogens with zero attached hydrogens (tertiary/aromatic N) is 1. The fourth-order valence-electron chi connectivity index (χ4n) is 10.8. The van der Waals surface area contributed by atoms with Gasteiger partial charge in [-0.15, -0.1) is 0 Å². The zero-order chi connectivity index (χ0) is 33.5. The Morgan fingerprint density at radius 1 is 0.935 bits per heavy atom. The third-order valence-electron chi connectivity index (χ3n) is 12.6. The fourth-order valence-corrected chi connectivity index (χ4v) is 10.8. The van der Waals surface area contributed by atoms with E-state index in [2.05, 4.69) is 32.9 Å². The molecular weight excluding hydrogens is 592 g/mol. The first-order valence-electron chi connectivity index (χ1n) is 17.6. The topological polar surface area (TPSA) is 129 Å². The third-order valence-corrected chi connectivity index (χ3v) is 12.6. The highest BCUT2D eigenvalue weighted by Crippen LogP contribution is 2.70. The highest BCUT2D eigenvalue weighted by atomic mass is 16.8. The van der Waals surface area contributed by atoms with Crippen molar-refractivity contribution in [2.24, 2.45) is 63.1 Å². The van der Waals surface area contributed by atoms with E-state index in [0.29, 0.717) is 60.5 Å². The van der Waals surface area contributed by atoms with Crippen molar-refractivity contribution in [3.63, 3.8) is 0 Å². The minimum absolute atomic E-state index is 0.0546. The zero-order valence-electron chi connectivity index (χ0n) is 29.7. The fraction of sp³-hybridized carbons (Fsp3) is 0.943. The van der Waals surface area contributed by atoms with Crippen LogP contribution in [0.25, 0.3) is 0 Å². The molecule has 0 aromatic rings. The van der Waals surface area contributed by atoms with E-state index in [1.807, 2.05) is 0 Å². The number of carbonyl (C=O) groups is 1. The molecule has 0 heterocycles. The van der Waals surface area contributed by atoms with Crippen molar-refractivity contribution in [3.05, 3.63) is 0 Å². The van der Waals surface area contributed by atoms with Gasteiger partial charge in [0, 0.05) is 27.8 Å². The smallest absolute Gasteiger partial charge is 0.433 e. The van der Waals surface area contributed by atoms with E-state index in [1.54, 1.807) is 28.3 Å². The van der Waals surface area contributed by atoms with Gasteiger partial charge in [0.2, 0.25) is 0 Å². The Bertz CT molecular complexity index is 999. The lowest BCUT2D eigenvalue weighted by atomic mass is 9.40. The molecule has 11 heteroatoms. The highest BCUT2D eigenvalue weighted by Gasteiger charge is 2.68. The molecule has 0 aromatic carbocycles. The van der Waals surface area contributed by atoms with Gasteiger partial charge in [-0.3, -0.25) is 4.84 Å². The van der Waals surface area contributed by atoms with Crippen molar-refractivity contribution in [2.45, 2.75) is 111 Å². The summed E-state index contributed by atoms with van der Waals surface area (Å²) < 4.78 is 40.9. The first kappa shape index (κ1) is 37.3. The number of hydrogen-bond acceptors (Lipinski definition) is 10. The predicted octanol–water partition coefficient (Wildman–Crippen LogP) is 6.33. The van der Waals surface area contributed by atoms with Gasteiger partial charge in [-0.25, -0.2) is 4.79 Å². The molecule has 0 unspecified atom stereocenters. The molecule has 11 nitrogen and oxygen atoms in total. The number of methoxy groups -OCH3 is 3. The second kappa shape index (κ2) is 16.7. The Morgan fingerprint density at radius 3 is 2.30 bits per heavy atom. The van der Waals surface area contributed by atoms with Gasteiger partial charge in [0.1, 0.15) is 26.2 Å². The summed E-state index contributed by atoms with van der Waals surface area (Å²) in [6.45, 7) is 12.5. The number of ether oxygens (including phenoxy) is 7. The lowest BCUT2D eigenvalue weighted by molar-refractivity contribution is -0.275. The Labute approximate surface area is 276 Å². The molecule has 4 fully saturated rings. The van der Waals surface area contributed by atoms with Gasteiger partial charge < -0.3 is 38.9 Å². The van der Waals surface area contributed by atoms with E-state index in [9.17, 15) is 4.79 Å². The predicted molar refractivity (Wildman–Crippen MR) is 174 cm³/mol. The molecule has 0 aliphatic heterocycles. The highest BCUT2D eigenvalue weighted by molar-refractivity contribution is 5.80. The Hall–Kier alpha value is -1.50. The molecule has 12 atom stereocenters. The normalized spacial score (nSPS) is 39.7. The van der Waals surface area contributed by atoms with Crippen LogP contribution in [0.2, 0.25) is 0 Å². The van der Waals surface area contributed by atoms with Gasteiger partial charge in [0.15, 0.2) is 0 Å². The molecule has 0 radical (unpaired) electrons. The molecule has 4 aliphatic rings. The lowest BCUT2D eigenvalue weighted by Gasteiger charge is -2.67. The minimum Gasteiger partial charge on any atom is -0.433 e. The number of amidine groups is 1. The largest absolute Gasteiger partial charge is 0.535 e. The van der Waals surface area contributed by atoms with E-state index >= 15 is 0 Å². The van der Waals surface area contributed by atoms with Crippen LogP contribution in [0.5, 0.6) is 0 Å². The van der Waals surface area contributed by atoms with Gasteiger partial charge in [-0.05, 0) is 104 Å². The van der Waals surface area contributed by atoms with Gasteiger partial charge in [0.05, 0.1) is 24.9 Å². The van der Waals surface area contributed by atoms with Gasteiger partial charge in [-0.1, -0.05) is 39.3 Å². The standard InChI is InChI=1S/C35H62N2O9/c1-9-24-27-17-23(43-19-39-6)15-16-34(27,4)31-28(44-20-40-7)18-35(5)25(12-13-26(35)30(31)32(24)45-21-41-8)22(3)11-14-29(36)37-46-33(38)42-10-2/h22-28,30-32H,9-21H2,1-8H3,(H2,36,37)/t22-,23-,24-,25-,26+,27+,28+,30+,31+,32-,34+,35-/m1/s1. The molecule has 0 saturated heterocycles. The SMILES string of the molecule is CCOC(=O)O/N=C(\N)CC[C@@H](C)[C@H]1CC[C@H]2[C@@H]3[C@H](OCOC)[C@H](CC)[C@@H]4C[C@H](OCOC)CC[C@]4(C)[C@H]3[C@@H](OCOC)C[C@]12C. The molecule has 0 amide bonds. The van der Waals surface area contributed by atoms with Crippen molar-refractivity contribution < 1.29 is 42.8 Å². The molecule has 4 saturated carbocycles. The van der Waals surface area contributed by atoms with Crippen LogP contribution in [0, 0.1) is 52.3 Å². The molecule has 4 aliphatic carbocycles. The quantitative estimate of drug-likeness (QED) is 0.0503. The van der Waals surface area contributed by atoms with Crippen LogP contribution in [0.4, 0.5) is 4.79 Å². The summed E-state index contributed by atoms with van der Waals surface area (Å²) >= 11 is 0. The molecule has 0 bridgehead atoms. The molecule has 266 valence electrons. The van der Waals surface area contributed by atoms with Crippen molar-refractivity contribution in [3.8, 4) is 0 Å². The van der Waals surface area contributed by atoms with Gasteiger partial charge in [0.25, 0.3) is 0 Å². The summed E-state index contributed by atoms with van der Waals surface area (Å²) in [7, 11) is 5.12. The summed E-state index contributed by atoms with van der Waals surface area (Å²) in [5.74, 6) is 3.22. The maximum Gasteiger partial charge on any atom is 0.535 e. The van der Waals surface area contributed by atoms with Crippen LogP contribution in [0.1, 0.15) is 92.4 Å². The number of fused-ring (bicyclic) bond motifs is 5. The van der Waals surface area contributed by atoms with E-state index in [0.717, 1.165) is 44.9 Å². The van der Waals surface area contributed by atoms with Crippen molar-refractivity contribution in [1.29, 1.82) is 0 Å². The maximum atomic E-state index is 11.6. The summed E-state index contributed by atoms with van der Waals surface area (Å²) in [6.07, 6.45) is 8.40. The first-order chi connectivity index (χ1) is 22.1. The van der Waals surface area contributed by atoms with Crippen LogP contribution >= 0.6 is 0 Å². The molecule has 4 rings (SSSR count). The van der Waals surface area contributed by atoms with Crippen molar-refractivity contribution >= 4 is 12.0 Å². The van der Waals surface area contributed by atoms with Crippen LogP contribution in [0.15, 0.2) is 5.16 Å². The average Bonchev–Trinajstić information content (AvgIpc) is 3.39. The molecular formula is C35H62N2O9. The number of oxime groups is 1. The van der Waals surface area contributed by atoms with Crippen molar-refractivity contribution in [1.82, 2.24) is 0 Å². The minimum atomic E-state index is -0.835. The number of hydrogen-bond donors (Lipinski definition) is 1. The summed E-state index contributed by atoms with van der Waals surface area (Å²) in [4.78, 5) is 16.4. The Morgan fingerprint density at radius 2 is 1.63 bits per heavy atom. The monoisotopic (exact) mass is 654 g/mol. The summed E-state index contributed by atoms with van der Waals surface area (Å²) in [5.41, 5.74) is 6.29. The molecule has 46 heavy (non-hydrogen) atoms. The van der Waals surface area contributed by atoms with E-state index in [1.165, 1.54) is 6.42 Å². The Balaban J connectivity index is 1.64. The zero-order valence-corrected chi connectivity index (χ0v) is 29.7. The number of carbonyl (C=O) groups excluding carboxylic acids is 1. The van der Waals surface area contributed by atoms with Gasteiger partial charge in [-0.2, -0.15) is 0 Å². The van der Waals surface area contributed by atoms with Crippen LogP contribution in [0.3, 0.4) is 0 Å². The lowest BCUT2D eigenvalue weighted by Crippen LogP contribution is -2.66. The second-order valence-electron chi connectivity index (χ2n) is 14.8. The number of rotatable bonds is 16. The molecule has 2 N–H and O–H groups in total. The van der Waals surface area contributed by atoms with E-state index in [4.69, 9.17) is 43.7 Å². The molecule has 0 spiro atoms. The summed E-state index contributed by atoms with van der Waals surface area (Å²) in [6, 6.07) is 0. The first-order valence-corrected chi connectivity index (χ1v) is 17.6. The average molecular weight is 655 g/mol. The molecule has 0 aromatic heterocycles. The van der Waals surface area contributed by atoms with Crippen LogP contribution in [-0.2, 0) is 38.0 Å². The third kappa shape index (κ3) is 7.70. The van der Waals surface area contributed by atoms with Crippen molar-refractivity contribution in [2.75, 3.05) is 48.3 Å². The van der Waals surface area contributed by atoms with E-state index in [-0.39, 0.29) is 49.3 Å². The number of nitrogens with two attached hydrogens (primary N) is 1. The summed E-state index contributed by atoms with van der Waals surface area (Å²) in [5, 5.41) is 3.81. The Kier molecular flexibility index (Phi) is 13.6.